The maximum Gasteiger partial charge on any atom is 0.255 e. The van der Waals surface area contributed by atoms with E-state index in [0.717, 1.165) is 10.9 Å². The summed E-state index contributed by atoms with van der Waals surface area (Å²) in [5, 5.41) is 6.50. The smallest absolute Gasteiger partial charge is 0.255 e. The standard InChI is InChI=1S/C26H19F2N5O2.2ClH/c27-17-5-3-16(4-6-17)15-32-26(34)20-2-1-11-29-25(20)33-18-7-8-23(21(28)14-18)35-22-10-13-31-24-19(22)9-12-30-24;;/h1-14H,15H2,(H,29,33)(H,30,31)(H,32,34);2*1H. The van der Waals surface area contributed by atoms with Gasteiger partial charge in [0.1, 0.15) is 23.0 Å². The Kier molecular flexibility index (Phi) is 9.00. The van der Waals surface area contributed by atoms with E-state index >= 15 is 0 Å². The summed E-state index contributed by atoms with van der Waals surface area (Å²) < 4.78 is 33.7. The molecule has 37 heavy (non-hydrogen) atoms. The third-order valence-electron chi connectivity index (χ3n) is 5.25. The highest BCUT2D eigenvalue weighted by Gasteiger charge is 2.14. The number of halogens is 4. The van der Waals surface area contributed by atoms with Gasteiger partial charge in [-0.2, -0.15) is 0 Å². The van der Waals surface area contributed by atoms with Crippen molar-refractivity contribution in [1.29, 1.82) is 0 Å². The molecule has 11 heteroatoms. The number of pyridine rings is 2. The maximum absolute atomic E-state index is 14.8. The van der Waals surface area contributed by atoms with Crippen molar-refractivity contribution in [3.05, 3.63) is 108 Å². The van der Waals surface area contributed by atoms with E-state index in [4.69, 9.17) is 4.74 Å². The first kappa shape index (κ1) is 27.4. The summed E-state index contributed by atoms with van der Waals surface area (Å²) in [6, 6.07) is 16.9. The van der Waals surface area contributed by atoms with E-state index < -0.39 is 5.82 Å². The van der Waals surface area contributed by atoms with Crippen molar-refractivity contribution in [3.8, 4) is 11.5 Å². The monoisotopic (exact) mass is 543 g/mol. The minimum atomic E-state index is -0.589. The van der Waals surface area contributed by atoms with Crippen LogP contribution < -0.4 is 15.4 Å². The number of fused-ring (bicyclic) bond motifs is 1. The van der Waals surface area contributed by atoms with Crippen molar-refractivity contribution >= 4 is 53.3 Å². The van der Waals surface area contributed by atoms with E-state index in [1.54, 1.807) is 54.9 Å². The van der Waals surface area contributed by atoms with Gasteiger partial charge in [0.15, 0.2) is 11.6 Å². The zero-order valence-corrected chi connectivity index (χ0v) is 20.7. The number of anilines is 2. The molecule has 0 aliphatic rings. The van der Waals surface area contributed by atoms with Crippen molar-refractivity contribution in [2.75, 3.05) is 5.32 Å². The summed E-state index contributed by atoms with van der Waals surface area (Å²) in [6.07, 6.45) is 4.83. The number of amides is 1. The largest absolute Gasteiger partial charge is 0.453 e. The Morgan fingerprint density at radius 1 is 0.919 bits per heavy atom. The molecule has 0 spiro atoms. The molecule has 1 amide bonds. The second kappa shape index (κ2) is 12.2. The Morgan fingerprint density at radius 2 is 1.73 bits per heavy atom. The first-order valence-corrected chi connectivity index (χ1v) is 10.7. The quantitative estimate of drug-likeness (QED) is 0.216. The van der Waals surface area contributed by atoms with Crippen LogP contribution in [0.1, 0.15) is 15.9 Å². The first-order valence-electron chi connectivity index (χ1n) is 10.7. The van der Waals surface area contributed by atoms with Crippen molar-refractivity contribution in [2.45, 2.75) is 6.54 Å². The third kappa shape index (κ3) is 6.32. The van der Waals surface area contributed by atoms with Crippen molar-refractivity contribution < 1.29 is 18.3 Å². The molecule has 0 aliphatic heterocycles. The molecule has 0 fully saturated rings. The number of nitrogens with one attached hydrogen (secondary N) is 3. The predicted octanol–water partition coefficient (Wildman–Crippen LogP) is 6.55. The lowest BCUT2D eigenvalue weighted by atomic mass is 10.2. The molecular formula is C26H21Cl2F2N5O2. The van der Waals surface area contributed by atoms with Crippen LogP contribution in [0.15, 0.2) is 85.3 Å². The van der Waals surface area contributed by atoms with Gasteiger partial charge in [-0.1, -0.05) is 12.1 Å². The molecule has 0 bridgehead atoms. The van der Waals surface area contributed by atoms with Crippen molar-refractivity contribution in [2.24, 2.45) is 0 Å². The van der Waals surface area contributed by atoms with Crippen LogP contribution in [0.25, 0.3) is 11.0 Å². The molecule has 3 heterocycles. The van der Waals surface area contributed by atoms with Crippen molar-refractivity contribution in [3.63, 3.8) is 0 Å². The van der Waals surface area contributed by atoms with Crippen LogP contribution in [-0.4, -0.2) is 20.9 Å². The Labute approximate surface area is 223 Å². The van der Waals surface area contributed by atoms with Crippen LogP contribution in [0.5, 0.6) is 11.5 Å². The van der Waals surface area contributed by atoms with Gasteiger partial charge in [-0.25, -0.2) is 18.7 Å². The molecule has 190 valence electrons. The molecule has 3 N–H and O–H groups in total. The van der Waals surface area contributed by atoms with Gasteiger partial charge < -0.3 is 20.4 Å². The van der Waals surface area contributed by atoms with Gasteiger partial charge in [0.05, 0.1) is 10.9 Å². The summed E-state index contributed by atoms with van der Waals surface area (Å²) in [5.41, 5.74) is 2.06. The lowest BCUT2D eigenvalue weighted by molar-refractivity contribution is 0.0951. The van der Waals surface area contributed by atoms with Gasteiger partial charge >= 0.3 is 0 Å². The van der Waals surface area contributed by atoms with Crippen LogP contribution in [0.4, 0.5) is 20.3 Å². The SMILES string of the molecule is Cl.Cl.O=C(NCc1ccc(F)cc1)c1cccnc1Nc1ccc(Oc2ccnc3[nH]ccc23)c(F)c1. The van der Waals surface area contributed by atoms with Crippen LogP contribution in [-0.2, 0) is 6.54 Å². The van der Waals surface area contributed by atoms with Gasteiger partial charge in [0.2, 0.25) is 0 Å². The second-order valence-electron chi connectivity index (χ2n) is 7.63. The Bertz CT molecular complexity index is 1510. The van der Waals surface area contributed by atoms with Gasteiger partial charge in [0, 0.05) is 36.9 Å². The van der Waals surface area contributed by atoms with Gasteiger partial charge in [-0.05, 0) is 54.1 Å². The highest BCUT2D eigenvalue weighted by molar-refractivity contribution is 5.99. The Morgan fingerprint density at radius 3 is 2.51 bits per heavy atom. The lowest BCUT2D eigenvalue weighted by Gasteiger charge is -2.13. The van der Waals surface area contributed by atoms with Crippen LogP contribution in [0.3, 0.4) is 0 Å². The van der Waals surface area contributed by atoms with E-state index in [1.807, 2.05) is 0 Å². The normalized spacial score (nSPS) is 10.2. The molecule has 3 aromatic heterocycles. The van der Waals surface area contributed by atoms with E-state index in [2.05, 4.69) is 25.6 Å². The molecule has 0 atom stereocenters. The fourth-order valence-electron chi connectivity index (χ4n) is 3.51. The summed E-state index contributed by atoms with van der Waals surface area (Å²) >= 11 is 0. The highest BCUT2D eigenvalue weighted by Crippen LogP contribution is 2.31. The minimum absolute atomic E-state index is 0. The molecular weight excluding hydrogens is 523 g/mol. The number of carbonyl (C=O) groups excluding carboxylic acids is 1. The number of rotatable bonds is 7. The molecule has 0 saturated heterocycles. The Hall–Kier alpha value is -4.21. The topological polar surface area (TPSA) is 91.9 Å². The zero-order valence-electron chi connectivity index (χ0n) is 19.1. The number of ether oxygens (including phenoxy) is 1. The average Bonchev–Trinajstić information content (AvgIpc) is 3.35. The summed E-state index contributed by atoms with van der Waals surface area (Å²) in [6.45, 7) is 0.220. The van der Waals surface area contributed by atoms with E-state index in [1.165, 1.54) is 30.5 Å². The Balaban J connectivity index is 0.00000190. The number of aromatic amines is 1. The first-order chi connectivity index (χ1) is 17.1. The average molecular weight is 544 g/mol. The second-order valence-corrected chi connectivity index (χ2v) is 7.63. The van der Waals surface area contributed by atoms with Crippen LogP contribution >= 0.6 is 24.8 Å². The molecule has 5 aromatic rings. The molecule has 2 aromatic carbocycles. The maximum atomic E-state index is 14.8. The number of hydrogen-bond donors (Lipinski definition) is 3. The van der Waals surface area contributed by atoms with E-state index in [-0.39, 0.29) is 60.2 Å². The number of aromatic nitrogens is 3. The molecule has 5 rings (SSSR count). The van der Waals surface area contributed by atoms with Crippen LogP contribution in [0, 0.1) is 11.6 Å². The van der Waals surface area contributed by atoms with Gasteiger partial charge in [-0.15, -0.1) is 24.8 Å². The molecule has 7 nitrogen and oxygen atoms in total. The minimum Gasteiger partial charge on any atom is -0.453 e. The number of hydrogen-bond acceptors (Lipinski definition) is 5. The fraction of sp³-hybridized carbons (Fsp3) is 0.0385. The van der Waals surface area contributed by atoms with Crippen LogP contribution in [0.2, 0.25) is 0 Å². The number of nitrogens with zero attached hydrogens (tertiary/aromatic N) is 2. The number of H-pyrrole nitrogens is 1. The van der Waals surface area contributed by atoms with E-state index in [0.29, 0.717) is 17.1 Å². The predicted molar refractivity (Wildman–Crippen MR) is 142 cm³/mol. The summed E-state index contributed by atoms with van der Waals surface area (Å²) in [4.78, 5) is 24.1. The molecule has 0 radical (unpaired) electrons. The third-order valence-corrected chi connectivity index (χ3v) is 5.25. The zero-order chi connectivity index (χ0) is 24.2. The van der Waals surface area contributed by atoms with Gasteiger partial charge in [-0.3, -0.25) is 4.79 Å². The van der Waals surface area contributed by atoms with Gasteiger partial charge in [0.25, 0.3) is 5.91 Å². The molecule has 0 aliphatic carbocycles. The van der Waals surface area contributed by atoms with Crippen molar-refractivity contribution in [1.82, 2.24) is 20.3 Å². The number of benzene rings is 2. The lowest BCUT2D eigenvalue weighted by Crippen LogP contribution is -2.24. The molecule has 0 unspecified atom stereocenters. The molecule has 0 saturated carbocycles. The highest BCUT2D eigenvalue weighted by atomic mass is 35.5. The van der Waals surface area contributed by atoms with E-state index in [9.17, 15) is 13.6 Å². The summed E-state index contributed by atoms with van der Waals surface area (Å²) in [7, 11) is 0. The number of carbonyl (C=O) groups is 1. The summed E-state index contributed by atoms with van der Waals surface area (Å²) in [5.74, 6) is -0.531. The fourth-order valence-corrected chi connectivity index (χ4v) is 3.51.